The van der Waals surface area contributed by atoms with Crippen LogP contribution in [0.25, 0.3) is 0 Å². The maximum Gasteiger partial charge on any atom is 2.00 e. The Morgan fingerprint density at radius 3 is 1.22 bits per heavy atom. The van der Waals surface area contributed by atoms with Gasteiger partial charge in [0.25, 0.3) is 0 Å². The molecule has 0 spiro atoms. The number of terminal acetylenes is 5. The van der Waals surface area contributed by atoms with Gasteiger partial charge in [-0.05, 0) is 25.2 Å². The molecule has 0 fully saturated rings. The third-order valence-corrected chi connectivity index (χ3v) is 5.40. The summed E-state index contributed by atoms with van der Waals surface area (Å²) in [5.41, 5.74) is 5.97. The molecule has 0 aliphatic carbocycles. The molecule has 0 heterocycles. The van der Waals surface area contributed by atoms with Crippen molar-refractivity contribution in [2.75, 3.05) is 0 Å². The van der Waals surface area contributed by atoms with Crippen LogP contribution < -0.4 is 17.0 Å². The quantitative estimate of drug-likeness (QED) is 0.146. The average molecular weight is 716 g/mol. The fraction of sp³-hybridized carbons (Fsp3) is 0.474. The molecular formula is C38H51BrMgO3Si2. The summed E-state index contributed by atoms with van der Waals surface area (Å²) >= 11 is 0. The van der Waals surface area contributed by atoms with Crippen molar-refractivity contribution in [1.82, 2.24) is 0 Å². The minimum absolute atomic E-state index is 0. The molecule has 2 unspecified atom stereocenters. The second kappa shape index (κ2) is 45.7. The standard InChI is InChI=1S/C13H18OSi.C10H10O.C7H8.C6H10OSi.C2H5.BrH.Mg/c1-5-6-7-8-9-10-13(14)11-12-15(2,3)4;1-3-5-6-7-8-9-10(11)4-2;1-3-5-7-6-4-2;1-8(2,3)6-4-5-7;1-2;;/h1,13-14H,6-8H2,2-4H3;1-2,10-11H,5-7H2;1-2H,5-7H2;5H,1-3H3;1H2,2H3;1H;/q;;;;-1;;+2/p-1. The van der Waals surface area contributed by atoms with Crippen LogP contribution in [0.4, 0.5) is 0 Å². The van der Waals surface area contributed by atoms with Gasteiger partial charge in [0, 0.05) is 38.5 Å². The molecule has 0 amide bonds. The zero-order valence-electron chi connectivity index (χ0n) is 28.6. The summed E-state index contributed by atoms with van der Waals surface area (Å²) in [5, 5.41) is 18.2. The Morgan fingerprint density at radius 1 is 0.622 bits per heavy atom. The van der Waals surface area contributed by atoms with Gasteiger partial charge in [0.2, 0.25) is 0 Å². The van der Waals surface area contributed by atoms with Crippen molar-refractivity contribution >= 4 is 45.5 Å². The molecule has 0 rings (SSSR count). The molecule has 45 heavy (non-hydrogen) atoms. The third-order valence-electron chi connectivity index (χ3n) is 3.61. The van der Waals surface area contributed by atoms with E-state index in [1.54, 1.807) is 6.92 Å². The number of hydrogen-bond acceptors (Lipinski definition) is 3. The van der Waals surface area contributed by atoms with Crippen LogP contribution in [0.2, 0.25) is 39.3 Å². The van der Waals surface area contributed by atoms with Gasteiger partial charge in [0.15, 0.2) is 18.5 Å². The Labute approximate surface area is 307 Å². The summed E-state index contributed by atoms with van der Waals surface area (Å²) in [5.74, 6) is 28.1. The smallest absolute Gasteiger partial charge is 1.00 e. The maximum absolute atomic E-state index is 9.70. The molecule has 3 nitrogen and oxygen atoms in total. The summed E-state index contributed by atoms with van der Waals surface area (Å²) in [6.07, 6.45) is 31.0. The van der Waals surface area contributed by atoms with Gasteiger partial charge in [0.1, 0.15) is 16.1 Å². The second-order valence-corrected chi connectivity index (χ2v) is 19.6. The van der Waals surface area contributed by atoms with Crippen molar-refractivity contribution in [1.29, 1.82) is 0 Å². The van der Waals surface area contributed by atoms with E-state index in [1.165, 1.54) is 0 Å². The first kappa shape index (κ1) is 57.9. The number of aldehydes is 1. The third kappa shape index (κ3) is 79.6. The van der Waals surface area contributed by atoms with E-state index in [0.29, 0.717) is 12.7 Å². The van der Waals surface area contributed by atoms with Crippen LogP contribution >= 0.6 is 0 Å². The molecule has 238 valence electrons. The number of carbonyl (C=O) groups is 1. The van der Waals surface area contributed by atoms with Gasteiger partial charge in [0.05, 0.1) is 0 Å². The molecule has 2 atom stereocenters. The van der Waals surface area contributed by atoms with Gasteiger partial charge in [-0.2, -0.15) is 6.92 Å². The maximum atomic E-state index is 9.70. The first-order chi connectivity index (χ1) is 20.2. The normalized spacial score (nSPS) is 9.09. The topological polar surface area (TPSA) is 57.5 Å². The number of aliphatic hydroxyl groups is 2. The predicted molar refractivity (Wildman–Crippen MR) is 198 cm³/mol. The minimum Gasteiger partial charge on any atom is -1.00 e. The summed E-state index contributed by atoms with van der Waals surface area (Å²) < 4.78 is 0. The van der Waals surface area contributed by atoms with Crippen molar-refractivity contribution in [3.05, 3.63) is 6.92 Å². The van der Waals surface area contributed by atoms with E-state index in [0.717, 1.165) is 51.4 Å². The van der Waals surface area contributed by atoms with E-state index < -0.39 is 28.4 Å². The first-order valence-corrected chi connectivity index (χ1v) is 21.0. The Morgan fingerprint density at radius 2 is 0.956 bits per heavy atom. The van der Waals surface area contributed by atoms with Crippen LogP contribution in [0.15, 0.2) is 0 Å². The SMILES string of the molecule is C#CCCCC#C.C#CCCCC#CC(O)C#C.C#CCCCC#CC(O)C#C[Si](C)(C)C.C[Si](C)(C)C#CC=O.[Br-].[CH2-]C.[Mg+2]. The molecule has 0 aliphatic heterocycles. The number of hydrogen-bond donors (Lipinski definition) is 2. The van der Waals surface area contributed by atoms with Crippen LogP contribution in [0.1, 0.15) is 64.7 Å². The van der Waals surface area contributed by atoms with Crippen LogP contribution in [-0.4, -0.2) is 67.9 Å². The molecule has 0 saturated carbocycles. The van der Waals surface area contributed by atoms with Gasteiger partial charge in [-0.25, -0.2) is 0 Å². The number of unbranched alkanes of at least 4 members (excludes halogenated alkanes) is 6. The van der Waals surface area contributed by atoms with Crippen molar-refractivity contribution in [2.24, 2.45) is 0 Å². The van der Waals surface area contributed by atoms with E-state index in [-0.39, 0.29) is 40.0 Å². The number of aliphatic hydroxyl groups excluding tert-OH is 2. The molecule has 0 aromatic heterocycles. The van der Waals surface area contributed by atoms with Crippen LogP contribution in [0, 0.1) is 115 Å². The predicted octanol–water partition coefficient (Wildman–Crippen LogP) is 2.78. The van der Waals surface area contributed by atoms with E-state index in [2.05, 4.69) is 122 Å². The van der Waals surface area contributed by atoms with Crippen molar-refractivity contribution in [3.63, 3.8) is 0 Å². The summed E-state index contributed by atoms with van der Waals surface area (Å²) in [7, 11) is -2.67. The summed E-state index contributed by atoms with van der Waals surface area (Å²) in [6.45, 7) is 17.7. The van der Waals surface area contributed by atoms with Crippen LogP contribution in [0.3, 0.4) is 0 Å². The summed E-state index contributed by atoms with van der Waals surface area (Å²) in [4.78, 5) is 9.70. The molecule has 7 heteroatoms. The molecule has 0 aromatic rings. The van der Waals surface area contributed by atoms with Gasteiger partial charge in [-0.3, -0.25) is 4.79 Å². The fourth-order valence-corrected chi connectivity index (χ4v) is 2.86. The molecule has 0 saturated heterocycles. The van der Waals surface area contributed by atoms with Crippen molar-refractivity contribution < 1.29 is 32.0 Å². The minimum atomic E-state index is -1.40. The first-order valence-electron chi connectivity index (χ1n) is 14.0. The fourth-order valence-electron chi connectivity index (χ4n) is 1.80. The number of carbonyl (C=O) groups excluding carboxylic acids is 1. The molecule has 0 bridgehead atoms. The molecular weight excluding hydrogens is 665 g/mol. The Bertz CT molecular complexity index is 1170. The van der Waals surface area contributed by atoms with Gasteiger partial charge >= 0.3 is 23.1 Å². The zero-order valence-corrected chi connectivity index (χ0v) is 33.6. The van der Waals surface area contributed by atoms with E-state index in [4.69, 9.17) is 37.2 Å². The van der Waals surface area contributed by atoms with Crippen LogP contribution in [0.5, 0.6) is 0 Å². The van der Waals surface area contributed by atoms with E-state index in [9.17, 15) is 9.90 Å². The molecule has 2 N–H and O–H groups in total. The zero-order chi connectivity index (χ0) is 34.4. The Balaban J connectivity index is -0.0000000860. The van der Waals surface area contributed by atoms with Crippen molar-refractivity contribution in [2.45, 2.75) is 116 Å². The second-order valence-electron chi connectivity index (χ2n) is 10.1. The molecule has 0 radical (unpaired) electrons. The van der Waals surface area contributed by atoms with E-state index in [1.807, 2.05) is 0 Å². The van der Waals surface area contributed by atoms with Crippen molar-refractivity contribution in [3.8, 4) is 108 Å². The largest absolute Gasteiger partial charge is 2.00 e. The monoisotopic (exact) mass is 714 g/mol. The van der Waals surface area contributed by atoms with Gasteiger partial charge in [-0.15, -0.1) is 66.9 Å². The van der Waals surface area contributed by atoms with Gasteiger partial charge < -0.3 is 34.1 Å². The molecule has 0 aromatic carbocycles. The van der Waals surface area contributed by atoms with Gasteiger partial charge in [-0.1, -0.05) is 74.8 Å². The summed E-state index contributed by atoms with van der Waals surface area (Å²) in [6, 6.07) is 0. The number of halogens is 1. The van der Waals surface area contributed by atoms with Crippen LogP contribution in [-0.2, 0) is 4.79 Å². The van der Waals surface area contributed by atoms with E-state index >= 15 is 0 Å². The average Bonchev–Trinajstić information content (AvgIpc) is 2.96. The molecule has 0 aliphatic rings. The Kier molecular flexibility index (Phi) is 58.9. The Hall–Kier alpha value is -2.69. The number of rotatable bonds is 6.